The van der Waals surface area contributed by atoms with Gasteiger partial charge in [-0.2, -0.15) is 0 Å². The molecule has 0 heterocycles. The third kappa shape index (κ3) is 11.0. The summed E-state index contributed by atoms with van der Waals surface area (Å²) in [7, 11) is 0. The van der Waals surface area contributed by atoms with Gasteiger partial charge in [0.05, 0.1) is 38.1 Å². The molecule has 7 heteroatoms. The second-order valence-corrected chi connectivity index (χ2v) is 7.28. The molecule has 0 aliphatic rings. The van der Waals surface area contributed by atoms with Gasteiger partial charge in [-0.15, -0.1) is 0 Å². The third-order valence-corrected chi connectivity index (χ3v) is 3.62. The Balaban J connectivity index is 4.20. The van der Waals surface area contributed by atoms with E-state index in [1.54, 1.807) is 0 Å². The fourth-order valence-corrected chi connectivity index (χ4v) is 2.25. The number of nitrogens with zero attached hydrogens (tertiary/aromatic N) is 1. The summed E-state index contributed by atoms with van der Waals surface area (Å²) in [5.41, 5.74) is -0.254. The van der Waals surface area contributed by atoms with E-state index in [4.69, 9.17) is 14.9 Å². The molecule has 140 valence electrons. The molecule has 0 bridgehead atoms. The van der Waals surface area contributed by atoms with Crippen LogP contribution in [0.5, 0.6) is 0 Å². The molecule has 0 fully saturated rings. The molecule has 0 radical (unpaired) electrons. The Morgan fingerprint density at radius 1 is 0.870 bits per heavy atom. The average molecular weight is 337 g/mol. The van der Waals surface area contributed by atoms with Gasteiger partial charge in [0.2, 0.25) is 0 Å². The van der Waals surface area contributed by atoms with Crippen molar-refractivity contribution in [1.29, 1.82) is 0 Å². The Hall–Kier alpha value is -0.280. The molecule has 0 aliphatic carbocycles. The Morgan fingerprint density at radius 3 is 1.87 bits per heavy atom. The van der Waals surface area contributed by atoms with Crippen molar-refractivity contribution in [2.24, 2.45) is 5.92 Å². The molecule has 0 rings (SSSR count). The maximum atomic E-state index is 10.1. The molecule has 0 spiro atoms. The van der Waals surface area contributed by atoms with Gasteiger partial charge in [-0.25, -0.2) is 0 Å². The summed E-state index contributed by atoms with van der Waals surface area (Å²) in [6.45, 7) is 8.40. The van der Waals surface area contributed by atoms with Gasteiger partial charge in [0, 0.05) is 25.2 Å². The van der Waals surface area contributed by atoms with Crippen molar-refractivity contribution < 1.29 is 30.3 Å². The molecule has 0 aromatic rings. The first-order valence-corrected chi connectivity index (χ1v) is 8.18. The lowest BCUT2D eigenvalue weighted by Crippen LogP contribution is -2.50. The zero-order valence-electron chi connectivity index (χ0n) is 14.9. The molecule has 0 aromatic carbocycles. The Kier molecular flexibility index (Phi) is 11.2. The summed E-state index contributed by atoms with van der Waals surface area (Å²) in [6.07, 6.45) is -1.85. The van der Waals surface area contributed by atoms with Crippen LogP contribution in [0.4, 0.5) is 0 Å². The Labute approximate surface area is 139 Å². The van der Waals surface area contributed by atoms with E-state index in [-0.39, 0.29) is 37.8 Å². The highest BCUT2D eigenvalue weighted by molar-refractivity contribution is 4.80. The quantitative estimate of drug-likeness (QED) is 0.317. The van der Waals surface area contributed by atoms with Gasteiger partial charge in [0.1, 0.15) is 0 Å². The Bertz CT molecular complexity index is 297. The first kappa shape index (κ1) is 22.7. The summed E-state index contributed by atoms with van der Waals surface area (Å²) in [5, 5.41) is 46.8. The standard InChI is InChI=1S/C16H35NO6/c1-12(5-13(20)8-18)10-23-11-15(22)7-17(16(2,3)4)6-14(21)9-19/h12-15,18-22H,5-11H2,1-4H3. The number of rotatable bonds is 12. The first-order valence-electron chi connectivity index (χ1n) is 8.18. The van der Waals surface area contributed by atoms with Crippen LogP contribution in [0.15, 0.2) is 0 Å². The monoisotopic (exact) mass is 337 g/mol. The lowest BCUT2D eigenvalue weighted by atomic mass is 10.0. The highest BCUT2D eigenvalue weighted by Crippen LogP contribution is 2.15. The molecule has 0 aliphatic heterocycles. The van der Waals surface area contributed by atoms with Crippen molar-refractivity contribution in [2.45, 2.75) is 58.0 Å². The number of hydrogen-bond acceptors (Lipinski definition) is 7. The number of aliphatic hydroxyl groups is 5. The number of aliphatic hydroxyl groups excluding tert-OH is 5. The summed E-state index contributed by atoms with van der Waals surface area (Å²) >= 11 is 0. The van der Waals surface area contributed by atoms with Crippen LogP contribution in [0, 0.1) is 5.92 Å². The largest absolute Gasteiger partial charge is 0.394 e. The fraction of sp³-hybridized carbons (Fsp3) is 1.00. The highest BCUT2D eigenvalue weighted by atomic mass is 16.5. The minimum Gasteiger partial charge on any atom is -0.394 e. The maximum absolute atomic E-state index is 10.1. The van der Waals surface area contributed by atoms with Crippen LogP contribution in [-0.4, -0.2) is 93.8 Å². The van der Waals surface area contributed by atoms with E-state index in [0.29, 0.717) is 19.6 Å². The molecule has 23 heavy (non-hydrogen) atoms. The van der Waals surface area contributed by atoms with E-state index in [0.717, 1.165) is 0 Å². The molecular weight excluding hydrogens is 302 g/mol. The summed E-state index contributed by atoms with van der Waals surface area (Å²) in [4.78, 5) is 1.90. The van der Waals surface area contributed by atoms with Gasteiger partial charge in [0.25, 0.3) is 0 Å². The molecular formula is C16H35NO6. The molecule has 4 unspecified atom stereocenters. The number of hydrogen-bond donors (Lipinski definition) is 5. The lowest BCUT2D eigenvalue weighted by Gasteiger charge is -2.38. The molecule has 5 N–H and O–H groups in total. The van der Waals surface area contributed by atoms with E-state index in [2.05, 4.69) is 0 Å². The van der Waals surface area contributed by atoms with E-state index in [9.17, 15) is 15.3 Å². The van der Waals surface area contributed by atoms with Crippen LogP contribution in [0.3, 0.4) is 0 Å². The predicted octanol–water partition coefficient (Wildman–Crippen LogP) is -0.803. The molecule has 0 saturated carbocycles. The van der Waals surface area contributed by atoms with Crippen LogP contribution < -0.4 is 0 Å². The average Bonchev–Trinajstić information content (AvgIpc) is 2.45. The Morgan fingerprint density at radius 2 is 1.39 bits per heavy atom. The third-order valence-electron chi connectivity index (χ3n) is 3.62. The van der Waals surface area contributed by atoms with Gasteiger partial charge in [0.15, 0.2) is 0 Å². The van der Waals surface area contributed by atoms with Crippen molar-refractivity contribution in [2.75, 3.05) is 39.5 Å². The fourth-order valence-electron chi connectivity index (χ4n) is 2.25. The molecule has 0 aromatic heterocycles. The lowest BCUT2D eigenvalue weighted by molar-refractivity contribution is -0.0316. The second-order valence-electron chi connectivity index (χ2n) is 7.28. The van der Waals surface area contributed by atoms with Crippen molar-refractivity contribution in [3.63, 3.8) is 0 Å². The van der Waals surface area contributed by atoms with Crippen molar-refractivity contribution in [3.05, 3.63) is 0 Å². The van der Waals surface area contributed by atoms with E-state index >= 15 is 0 Å². The van der Waals surface area contributed by atoms with Gasteiger partial charge < -0.3 is 30.3 Å². The van der Waals surface area contributed by atoms with Crippen LogP contribution in [-0.2, 0) is 4.74 Å². The van der Waals surface area contributed by atoms with Crippen LogP contribution >= 0.6 is 0 Å². The van der Waals surface area contributed by atoms with Crippen molar-refractivity contribution in [1.82, 2.24) is 4.90 Å². The van der Waals surface area contributed by atoms with E-state index in [1.807, 2.05) is 32.6 Å². The van der Waals surface area contributed by atoms with E-state index < -0.39 is 18.3 Å². The SMILES string of the molecule is CC(COCC(O)CN(CC(O)CO)C(C)(C)C)CC(O)CO. The molecule has 0 amide bonds. The van der Waals surface area contributed by atoms with Gasteiger partial charge in [-0.05, 0) is 33.1 Å². The van der Waals surface area contributed by atoms with Crippen LogP contribution in [0.1, 0.15) is 34.1 Å². The van der Waals surface area contributed by atoms with E-state index in [1.165, 1.54) is 0 Å². The van der Waals surface area contributed by atoms with Crippen molar-refractivity contribution in [3.8, 4) is 0 Å². The minimum atomic E-state index is -0.845. The van der Waals surface area contributed by atoms with Gasteiger partial charge in [-0.1, -0.05) is 6.92 Å². The minimum absolute atomic E-state index is 0.0827. The zero-order chi connectivity index (χ0) is 18.0. The number of ether oxygens (including phenoxy) is 1. The van der Waals surface area contributed by atoms with Crippen LogP contribution in [0.25, 0.3) is 0 Å². The zero-order valence-corrected chi connectivity index (χ0v) is 14.9. The van der Waals surface area contributed by atoms with Crippen LogP contribution in [0.2, 0.25) is 0 Å². The number of β-amino-alcohol motifs (C(OH)–C–C–N with tert-alkyl or cyclic N) is 2. The molecule has 0 saturated heterocycles. The predicted molar refractivity (Wildman–Crippen MR) is 88.1 cm³/mol. The molecule has 4 atom stereocenters. The van der Waals surface area contributed by atoms with Gasteiger partial charge in [-0.3, -0.25) is 4.90 Å². The van der Waals surface area contributed by atoms with Gasteiger partial charge >= 0.3 is 0 Å². The summed E-state index contributed by atoms with van der Waals surface area (Å²) < 4.78 is 5.47. The summed E-state index contributed by atoms with van der Waals surface area (Å²) in [6, 6.07) is 0. The first-order chi connectivity index (χ1) is 10.6. The summed E-state index contributed by atoms with van der Waals surface area (Å²) in [5.74, 6) is 0.0827. The second kappa shape index (κ2) is 11.3. The normalized spacial score (nSPS) is 18.0. The topological polar surface area (TPSA) is 114 Å². The molecule has 7 nitrogen and oxygen atoms in total. The van der Waals surface area contributed by atoms with Crippen molar-refractivity contribution >= 4 is 0 Å². The highest BCUT2D eigenvalue weighted by Gasteiger charge is 2.25. The smallest absolute Gasteiger partial charge is 0.0900 e. The maximum Gasteiger partial charge on any atom is 0.0900 e.